The number of hydrogen-bond donors (Lipinski definition) is 2. The quantitative estimate of drug-likeness (QED) is 0.674. The van der Waals surface area contributed by atoms with E-state index in [1.165, 1.54) is 11.3 Å². The van der Waals surface area contributed by atoms with Crippen LogP contribution in [-0.4, -0.2) is 24.4 Å². The van der Waals surface area contributed by atoms with Gasteiger partial charge in [-0.25, -0.2) is 9.78 Å². The van der Waals surface area contributed by atoms with Gasteiger partial charge in [0.05, 0.1) is 12.3 Å². The normalized spacial score (nSPS) is 11.9. The number of anilines is 2. The fraction of sp³-hybridized carbons (Fsp3) is 0.158. The highest BCUT2D eigenvalue weighted by Gasteiger charge is 2.14. The van der Waals surface area contributed by atoms with Crippen LogP contribution in [0.5, 0.6) is 17.2 Å². The SMILES string of the molecule is CCOc1ccc(-c2csc(NC(=O)Nc3ccc4c(c3)OCO4)n2)cc1. The molecule has 7 nitrogen and oxygen atoms in total. The van der Waals surface area contributed by atoms with Crippen molar-refractivity contribution in [3.05, 3.63) is 47.8 Å². The molecule has 0 atom stereocenters. The Morgan fingerprint density at radius 1 is 1.15 bits per heavy atom. The fourth-order valence-corrected chi connectivity index (χ4v) is 3.30. The molecule has 0 bridgehead atoms. The molecule has 2 amide bonds. The molecule has 0 unspecified atom stereocenters. The first-order valence-electron chi connectivity index (χ1n) is 8.37. The average molecular weight is 383 g/mol. The minimum atomic E-state index is -0.374. The van der Waals surface area contributed by atoms with E-state index in [0.29, 0.717) is 28.9 Å². The van der Waals surface area contributed by atoms with Gasteiger partial charge in [0.15, 0.2) is 16.6 Å². The molecule has 0 fully saturated rings. The summed E-state index contributed by atoms with van der Waals surface area (Å²) in [5, 5.41) is 7.90. The second kappa shape index (κ2) is 7.55. The molecule has 27 heavy (non-hydrogen) atoms. The Labute approximate surface area is 159 Å². The second-order valence-corrected chi connectivity index (χ2v) is 6.50. The lowest BCUT2D eigenvalue weighted by Crippen LogP contribution is -2.19. The van der Waals surface area contributed by atoms with Crippen molar-refractivity contribution in [2.75, 3.05) is 24.0 Å². The molecule has 1 aliphatic rings. The molecule has 0 spiro atoms. The summed E-state index contributed by atoms with van der Waals surface area (Å²) in [6.07, 6.45) is 0. The lowest BCUT2D eigenvalue weighted by Gasteiger charge is -2.06. The Kier molecular flexibility index (Phi) is 4.80. The predicted molar refractivity (Wildman–Crippen MR) is 104 cm³/mol. The summed E-state index contributed by atoms with van der Waals surface area (Å²) >= 11 is 1.36. The van der Waals surface area contributed by atoms with E-state index in [0.717, 1.165) is 17.0 Å². The highest BCUT2D eigenvalue weighted by atomic mass is 32.1. The molecule has 3 aromatic rings. The first-order valence-corrected chi connectivity index (χ1v) is 9.25. The number of nitrogens with one attached hydrogen (secondary N) is 2. The summed E-state index contributed by atoms with van der Waals surface area (Å²) < 4.78 is 16.0. The summed E-state index contributed by atoms with van der Waals surface area (Å²) in [7, 11) is 0. The van der Waals surface area contributed by atoms with Crippen molar-refractivity contribution >= 4 is 28.2 Å². The topological polar surface area (TPSA) is 81.7 Å². The fourth-order valence-electron chi connectivity index (χ4n) is 2.59. The summed E-state index contributed by atoms with van der Waals surface area (Å²) in [4.78, 5) is 16.7. The first-order chi connectivity index (χ1) is 13.2. The molecule has 138 valence electrons. The van der Waals surface area contributed by atoms with Gasteiger partial charge in [-0.3, -0.25) is 5.32 Å². The van der Waals surface area contributed by atoms with Crippen molar-refractivity contribution < 1.29 is 19.0 Å². The zero-order valence-electron chi connectivity index (χ0n) is 14.5. The average Bonchev–Trinajstić information content (AvgIpc) is 3.31. The predicted octanol–water partition coefficient (Wildman–Crippen LogP) is 4.58. The van der Waals surface area contributed by atoms with Crippen molar-refractivity contribution in [2.45, 2.75) is 6.92 Å². The van der Waals surface area contributed by atoms with Gasteiger partial charge in [0.1, 0.15) is 5.75 Å². The van der Waals surface area contributed by atoms with Crippen LogP contribution in [0.2, 0.25) is 0 Å². The van der Waals surface area contributed by atoms with Crippen LogP contribution < -0.4 is 24.8 Å². The van der Waals surface area contributed by atoms with Crippen LogP contribution in [0.4, 0.5) is 15.6 Å². The van der Waals surface area contributed by atoms with E-state index in [4.69, 9.17) is 14.2 Å². The molecule has 0 saturated heterocycles. The number of rotatable bonds is 5. The van der Waals surface area contributed by atoms with Gasteiger partial charge in [0.25, 0.3) is 0 Å². The third-order valence-corrected chi connectivity index (χ3v) is 4.57. The van der Waals surface area contributed by atoms with E-state index in [2.05, 4.69) is 15.6 Å². The Hall–Kier alpha value is -3.26. The van der Waals surface area contributed by atoms with Crippen LogP contribution in [0.1, 0.15) is 6.92 Å². The Morgan fingerprint density at radius 2 is 1.96 bits per heavy atom. The molecule has 2 aromatic carbocycles. The maximum absolute atomic E-state index is 12.2. The molecule has 8 heteroatoms. The molecular formula is C19H17N3O4S. The molecule has 2 N–H and O–H groups in total. The van der Waals surface area contributed by atoms with Gasteiger partial charge < -0.3 is 19.5 Å². The molecule has 1 aromatic heterocycles. The molecular weight excluding hydrogens is 366 g/mol. The van der Waals surface area contributed by atoms with E-state index in [1.54, 1.807) is 18.2 Å². The zero-order valence-corrected chi connectivity index (χ0v) is 15.3. The smallest absolute Gasteiger partial charge is 0.325 e. The van der Waals surface area contributed by atoms with Gasteiger partial charge in [0, 0.05) is 22.7 Å². The first kappa shape index (κ1) is 17.2. The van der Waals surface area contributed by atoms with Crippen molar-refractivity contribution in [1.82, 2.24) is 4.98 Å². The Bertz CT molecular complexity index is 956. The second-order valence-electron chi connectivity index (χ2n) is 5.64. The lowest BCUT2D eigenvalue weighted by atomic mass is 10.2. The molecule has 2 heterocycles. The van der Waals surface area contributed by atoms with Crippen molar-refractivity contribution in [3.8, 4) is 28.5 Å². The third-order valence-electron chi connectivity index (χ3n) is 3.82. The lowest BCUT2D eigenvalue weighted by molar-refractivity contribution is 0.174. The highest BCUT2D eigenvalue weighted by molar-refractivity contribution is 7.14. The molecule has 4 rings (SSSR count). The number of ether oxygens (including phenoxy) is 3. The van der Waals surface area contributed by atoms with Crippen LogP contribution in [-0.2, 0) is 0 Å². The number of thiazole rings is 1. The molecule has 1 aliphatic heterocycles. The summed E-state index contributed by atoms with van der Waals surface area (Å²) in [5.41, 5.74) is 2.36. The van der Waals surface area contributed by atoms with Crippen molar-refractivity contribution in [1.29, 1.82) is 0 Å². The van der Waals surface area contributed by atoms with E-state index >= 15 is 0 Å². The summed E-state index contributed by atoms with van der Waals surface area (Å²) in [5.74, 6) is 2.10. The highest BCUT2D eigenvalue weighted by Crippen LogP contribution is 2.34. The maximum Gasteiger partial charge on any atom is 0.325 e. The van der Waals surface area contributed by atoms with E-state index in [1.807, 2.05) is 36.6 Å². The summed E-state index contributed by atoms with van der Waals surface area (Å²) in [6.45, 7) is 2.77. The van der Waals surface area contributed by atoms with Crippen LogP contribution in [0.3, 0.4) is 0 Å². The van der Waals surface area contributed by atoms with Gasteiger partial charge >= 0.3 is 6.03 Å². The molecule has 0 radical (unpaired) electrons. The molecule has 0 saturated carbocycles. The Balaban J connectivity index is 1.39. The minimum Gasteiger partial charge on any atom is -0.494 e. The minimum absolute atomic E-state index is 0.193. The number of fused-ring (bicyclic) bond motifs is 1. The third kappa shape index (κ3) is 3.95. The van der Waals surface area contributed by atoms with E-state index in [-0.39, 0.29) is 12.8 Å². The summed E-state index contributed by atoms with van der Waals surface area (Å²) in [6, 6.07) is 12.5. The number of carbonyl (C=O) groups is 1. The van der Waals surface area contributed by atoms with Gasteiger partial charge in [0.2, 0.25) is 6.79 Å². The number of nitrogens with zero attached hydrogens (tertiary/aromatic N) is 1. The van der Waals surface area contributed by atoms with E-state index < -0.39 is 0 Å². The molecule has 0 aliphatic carbocycles. The van der Waals surface area contributed by atoms with Crippen LogP contribution in [0.25, 0.3) is 11.3 Å². The van der Waals surface area contributed by atoms with Crippen molar-refractivity contribution in [2.24, 2.45) is 0 Å². The number of carbonyl (C=O) groups excluding carboxylic acids is 1. The van der Waals surface area contributed by atoms with Crippen LogP contribution in [0.15, 0.2) is 47.8 Å². The van der Waals surface area contributed by atoms with Gasteiger partial charge in [-0.05, 0) is 43.3 Å². The number of hydrogen-bond acceptors (Lipinski definition) is 6. The number of amides is 2. The largest absolute Gasteiger partial charge is 0.494 e. The van der Waals surface area contributed by atoms with Gasteiger partial charge in [-0.15, -0.1) is 11.3 Å². The number of urea groups is 1. The van der Waals surface area contributed by atoms with Crippen LogP contribution in [0, 0.1) is 0 Å². The van der Waals surface area contributed by atoms with Gasteiger partial charge in [-0.1, -0.05) is 0 Å². The number of benzene rings is 2. The Morgan fingerprint density at radius 3 is 2.78 bits per heavy atom. The van der Waals surface area contributed by atoms with Crippen molar-refractivity contribution in [3.63, 3.8) is 0 Å². The van der Waals surface area contributed by atoms with E-state index in [9.17, 15) is 4.79 Å². The monoisotopic (exact) mass is 383 g/mol. The van der Waals surface area contributed by atoms with Gasteiger partial charge in [-0.2, -0.15) is 0 Å². The zero-order chi connectivity index (χ0) is 18.6. The van der Waals surface area contributed by atoms with Crippen LogP contribution >= 0.6 is 11.3 Å². The number of aromatic nitrogens is 1. The maximum atomic E-state index is 12.2. The standard InChI is InChI=1S/C19H17N3O4S/c1-2-24-14-6-3-12(4-7-14)15-10-27-19(21-15)22-18(23)20-13-5-8-16-17(9-13)26-11-25-16/h3-10H,2,11H2,1H3,(H2,20,21,22,23).